The lowest BCUT2D eigenvalue weighted by atomic mass is 10.1. The summed E-state index contributed by atoms with van der Waals surface area (Å²) in [6.45, 7) is 1.34. The van der Waals surface area contributed by atoms with Crippen molar-refractivity contribution < 1.29 is 14.3 Å². The minimum Gasteiger partial charge on any atom is -0.464 e. The molecule has 0 bridgehead atoms. The number of fused-ring (bicyclic) bond motifs is 1. The van der Waals surface area contributed by atoms with E-state index in [-0.39, 0.29) is 11.6 Å². The largest absolute Gasteiger partial charge is 0.464 e. The molecule has 20 heavy (non-hydrogen) atoms. The fraction of sp³-hybridized carbons (Fsp3) is 0.125. The van der Waals surface area contributed by atoms with Crippen LogP contribution in [0.4, 0.5) is 0 Å². The van der Waals surface area contributed by atoms with Gasteiger partial charge < -0.3 is 10.1 Å². The maximum absolute atomic E-state index is 11.6. The Kier molecular flexibility index (Phi) is 4.15. The summed E-state index contributed by atoms with van der Waals surface area (Å²) in [4.78, 5) is 22.7. The average Bonchev–Trinajstić information content (AvgIpc) is 2.45. The lowest BCUT2D eigenvalue weighted by molar-refractivity contribution is -0.137. The highest BCUT2D eigenvalue weighted by Crippen LogP contribution is 2.17. The summed E-state index contributed by atoms with van der Waals surface area (Å²) >= 11 is 0. The van der Waals surface area contributed by atoms with Crippen LogP contribution in [-0.4, -0.2) is 19.0 Å². The van der Waals surface area contributed by atoms with Gasteiger partial charge in [0, 0.05) is 6.92 Å². The molecule has 0 radical (unpaired) electrons. The third-order valence-corrected chi connectivity index (χ3v) is 2.80. The molecule has 102 valence electrons. The number of hydrogen-bond acceptors (Lipinski definition) is 3. The molecule has 2 aromatic rings. The number of carbonyl (C=O) groups excluding carboxylic acids is 2. The third-order valence-electron chi connectivity index (χ3n) is 2.80. The number of rotatable bonds is 3. The number of nitrogens with one attached hydrogen (secondary N) is 1. The predicted octanol–water partition coefficient (Wildman–Crippen LogP) is 2.49. The SMILES string of the molecule is COC(=O)/C(=C\c1ccc2ccccc2c1)NC(C)=O. The lowest BCUT2D eigenvalue weighted by Gasteiger charge is -2.06. The van der Waals surface area contributed by atoms with Crippen molar-refractivity contribution in [2.75, 3.05) is 7.11 Å². The maximum Gasteiger partial charge on any atom is 0.354 e. The van der Waals surface area contributed by atoms with Crippen LogP contribution in [-0.2, 0) is 14.3 Å². The second-order valence-electron chi connectivity index (χ2n) is 4.34. The Morgan fingerprint density at radius 3 is 2.45 bits per heavy atom. The normalized spacial score (nSPS) is 11.2. The van der Waals surface area contributed by atoms with E-state index in [2.05, 4.69) is 10.1 Å². The molecular weight excluding hydrogens is 254 g/mol. The van der Waals surface area contributed by atoms with Gasteiger partial charge in [-0.15, -0.1) is 0 Å². The van der Waals surface area contributed by atoms with Gasteiger partial charge in [-0.1, -0.05) is 36.4 Å². The zero-order valence-corrected chi connectivity index (χ0v) is 11.3. The molecule has 0 spiro atoms. The molecule has 0 aromatic heterocycles. The number of esters is 1. The smallest absolute Gasteiger partial charge is 0.354 e. The van der Waals surface area contributed by atoms with E-state index in [4.69, 9.17) is 0 Å². The Morgan fingerprint density at radius 1 is 1.10 bits per heavy atom. The van der Waals surface area contributed by atoms with E-state index in [9.17, 15) is 9.59 Å². The van der Waals surface area contributed by atoms with Crippen molar-refractivity contribution in [2.24, 2.45) is 0 Å². The minimum atomic E-state index is -0.576. The second-order valence-corrected chi connectivity index (χ2v) is 4.34. The Labute approximate surface area is 117 Å². The van der Waals surface area contributed by atoms with Crippen molar-refractivity contribution in [2.45, 2.75) is 6.92 Å². The number of hydrogen-bond donors (Lipinski definition) is 1. The van der Waals surface area contributed by atoms with Crippen LogP contribution in [0.2, 0.25) is 0 Å². The van der Waals surface area contributed by atoms with E-state index in [1.54, 1.807) is 6.08 Å². The molecule has 1 amide bonds. The topological polar surface area (TPSA) is 55.4 Å². The first-order valence-electron chi connectivity index (χ1n) is 6.16. The van der Waals surface area contributed by atoms with Gasteiger partial charge in [0.05, 0.1) is 7.11 Å². The van der Waals surface area contributed by atoms with Gasteiger partial charge in [0.1, 0.15) is 5.70 Å². The lowest BCUT2D eigenvalue weighted by Crippen LogP contribution is -2.25. The van der Waals surface area contributed by atoms with Crippen LogP contribution >= 0.6 is 0 Å². The molecule has 0 heterocycles. The zero-order chi connectivity index (χ0) is 14.5. The van der Waals surface area contributed by atoms with Gasteiger partial charge in [-0.05, 0) is 28.5 Å². The summed E-state index contributed by atoms with van der Waals surface area (Å²) in [5.74, 6) is -0.893. The average molecular weight is 269 g/mol. The minimum absolute atomic E-state index is 0.121. The van der Waals surface area contributed by atoms with Crippen LogP contribution < -0.4 is 5.32 Å². The summed E-state index contributed by atoms with van der Waals surface area (Å²) < 4.78 is 4.65. The van der Waals surface area contributed by atoms with Crippen LogP contribution in [0.15, 0.2) is 48.2 Å². The Balaban J connectivity index is 2.41. The van der Waals surface area contributed by atoms with Crippen LogP contribution in [0, 0.1) is 0 Å². The van der Waals surface area contributed by atoms with Crippen molar-refractivity contribution >= 4 is 28.7 Å². The van der Waals surface area contributed by atoms with E-state index in [0.29, 0.717) is 0 Å². The van der Waals surface area contributed by atoms with Gasteiger partial charge >= 0.3 is 5.97 Å². The molecule has 4 nitrogen and oxygen atoms in total. The summed E-state index contributed by atoms with van der Waals surface area (Å²) in [6, 6.07) is 13.7. The highest BCUT2D eigenvalue weighted by molar-refractivity contribution is 5.98. The van der Waals surface area contributed by atoms with Gasteiger partial charge in [0.25, 0.3) is 0 Å². The zero-order valence-electron chi connectivity index (χ0n) is 11.3. The highest BCUT2D eigenvalue weighted by Gasteiger charge is 2.11. The monoisotopic (exact) mass is 269 g/mol. The molecule has 0 aliphatic rings. The molecular formula is C16H15NO3. The molecule has 0 aliphatic carbocycles. The van der Waals surface area contributed by atoms with E-state index in [1.165, 1.54) is 14.0 Å². The number of methoxy groups -OCH3 is 1. The van der Waals surface area contributed by atoms with E-state index < -0.39 is 5.97 Å². The molecule has 2 rings (SSSR count). The standard InChI is InChI=1S/C16H15NO3/c1-11(18)17-15(16(19)20-2)10-12-7-8-13-5-3-4-6-14(13)9-12/h3-10H,1-2H3,(H,17,18)/b15-10+. The number of amides is 1. The molecule has 1 N–H and O–H groups in total. The van der Waals surface area contributed by atoms with Crippen molar-refractivity contribution in [1.29, 1.82) is 0 Å². The van der Waals surface area contributed by atoms with E-state index in [1.807, 2.05) is 42.5 Å². The molecule has 4 heteroatoms. The summed E-state index contributed by atoms with van der Waals surface area (Å²) in [5, 5.41) is 4.65. The van der Waals surface area contributed by atoms with Gasteiger partial charge in [-0.2, -0.15) is 0 Å². The first-order valence-corrected chi connectivity index (χ1v) is 6.16. The quantitative estimate of drug-likeness (QED) is 0.688. The highest BCUT2D eigenvalue weighted by atomic mass is 16.5. The van der Waals surface area contributed by atoms with Crippen molar-refractivity contribution in [3.8, 4) is 0 Å². The second kappa shape index (κ2) is 6.02. The van der Waals surface area contributed by atoms with Gasteiger partial charge in [-0.25, -0.2) is 4.79 Å². The first kappa shape index (κ1) is 13.8. The first-order chi connectivity index (χ1) is 9.60. The molecule has 0 fully saturated rings. The Hall–Kier alpha value is -2.62. The fourth-order valence-corrected chi connectivity index (χ4v) is 1.91. The Bertz CT molecular complexity index is 689. The summed E-state index contributed by atoms with van der Waals surface area (Å²) in [7, 11) is 1.28. The van der Waals surface area contributed by atoms with Gasteiger partial charge in [-0.3, -0.25) is 4.79 Å². The van der Waals surface area contributed by atoms with Crippen molar-refractivity contribution in [1.82, 2.24) is 5.32 Å². The van der Waals surface area contributed by atoms with E-state index in [0.717, 1.165) is 16.3 Å². The van der Waals surface area contributed by atoms with E-state index >= 15 is 0 Å². The number of ether oxygens (including phenoxy) is 1. The molecule has 0 atom stereocenters. The molecule has 2 aromatic carbocycles. The molecule has 0 unspecified atom stereocenters. The summed E-state index contributed by atoms with van der Waals surface area (Å²) in [5.41, 5.74) is 0.938. The number of benzene rings is 2. The molecule has 0 saturated heterocycles. The number of carbonyl (C=O) groups is 2. The third kappa shape index (κ3) is 3.23. The Morgan fingerprint density at radius 2 is 1.80 bits per heavy atom. The van der Waals surface area contributed by atoms with Crippen LogP contribution in [0.3, 0.4) is 0 Å². The van der Waals surface area contributed by atoms with Crippen LogP contribution in [0.1, 0.15) is 12.5 Å². The predicted molar refractivity (Wildman–Crippen MR) is 77.8 cm³/mol. The summed E-state index contributed by atoms with van der Waals surface area (Å²) in [6.07, 6.45) is 1.60. The van der Waals surface area contributed by atoms with Crippen molar-refractivity contribution in [3.63, 3.8) is 0 Å². The van der Waals surface area contributed by atoms with Gasteiger partial charge in [0.2, 0.25) is 5.91 Å². The van der Waals surface area contributed by atoms with Gasteiger partial charge in [0.15, 0.2) is 0 Å². The van der Waals surface area contributed by atoms with Crippen LogP contribution in [0.5, 0.6) is 0 Å². The van der Waals surface area contributed by atoms with Crippen LogP contribution in [0.25, 0.3) is 16.8 Å². The fourth-order valence-electron chi connectivity index (χ4n) is 1.91. The van der Waals surface area contributed by atoms with Crippen molar-refractivity contribution in [3.05, 3.63) is 53.7 Å². The molecule has 0 saturated carbocycles. The molecule has 0 aliphatic heterocycles. The maximum atomic E-state index is 11.6.